The van der Waals surface area contributed by atoms with Crippen LogP contribution in [0.4, 0.5) is 0 Å². The minimum Gasteiger partial charge on any atom is -0.293 e. The van der Waals surface area contributed by atoms with E-state index in [1.165, 1.54) is 0 Å². The van der Waals surface area contributed by atoms with Gasteiger partial charge in [0.15, 0.2) is 0 Å². The zero-order valence-electron chi connectivity index (χ0n) is 4.84. The molecule has 0 bridgehead atoms. The van der Waals surface area contributed by atoms with Crippen LogP contribution < -0.4 is 10.3 Å². The lowest BCUT2D eigenvalue weighted by atomic mass is 10.4. The Hall–Kier alpha value is 0.0300. The lowest BCUT2D eigenvalue weighted by Gasteiger charge is -2.04. The molecule has 1 atom stereocenters. The van der Waals surface area contributed by atoms with Crippen molar-refractivity contribution in [2.75, 3.05) is 0 Å². The molecule has 0 aromatic rings. The molecule has 0 rings (SSSR count). The molecule has 3 N–H and O–H groups in total. The van der Waals surface area contributed by atoms with Crippen LogP contribution in [0.25, 0.3) is 0 Å². The first kappa shape index (κ1) is 8.03. The number of hydrogen-bond acceptors (Lipinski definition) is 2. The van der Waals surface area contributed by atoms with Crippen molar-refractivity contribution in [3.05, 3.63) is 0 Å². The van der Waals surface area contributed by atoms with Crippen LogP contribution in [0.5, 0.6) is 0 Å². The Labute approximate surface area is 51.1 Å². The van der Waals surface area contributed by atoms with Crippen molar-refractivity contribution < 1.29 is 8.76 Å². The third kappa shape index (κ3) is 6.03. The van der Waals surface area contributed by atoms with Crippen LogP contribution in [0.2, 0.25) is 0 Å². The molecule has 8 heavy (non-hydrogen) atoms. The summed E-state index contributed by atoms with van der Waals surface area (Å²) in [6.45, 7) is 3.72. The van der Waals surface area contributed by atoms with Gasteiger partial charge in [0.25, 0.3) is 0 Å². The molecule has 0 fully saturated rings. The van der Waals surface area contributed by atoms with E-state index in [9.17, 15) is 4.21 Å². The Morgan fingerprint density at radius 2 is 2.12 bits per heavy atom. The normalized spacial score (nSPS) is 14.5. The highest BCUT2D eigenvalue weighted by atomic mass is 32.2. The van der Waals surface area contributed by atoms with Gasteiger partial charge in [-0.3, -0.25) is 4.55 Å². The van der Waals surface area contributed by atoms with Crippen molar-refractivity contribution in [3.8, 4) is 0 Å². The molecule has 0 aliphatic heterocycles. The summed E-state index contributed by atoms with van der Waals surface area (Å²) in [5.74, 6) is 0. The number of nitrogens with one attached hydrogen (secondary N) is 2. The van der Waals surface area contributed by atoms with Gasteiger partial charge in [-0.2, -0.15) is 4.83 Å². The fourth-order valence-corrected chi connectivity index (χ4v) is 0.505. The van der Waals surface area contributed by atoms with E-state index in [1.807, 2.05) is 13.8 Å². The lowest BCUT2D eigenvalue weighted by molar-refractivity contribution is 0.502. The van der Waals surface area contributed by atoms with Gasteiger partial charge in [0.2, 0.25) is 11.3 Å². The third-order valence-electron chi connectivity index (χ3n) is 0.435. The van der Waals surface area contributed by atoms with Crippen LogP contribution in [-0.2, 0) is 11.3 Å². The molecule has 5 heteroatoms. The van der Waals surface area contributed by atoms with Gasteiger partial charge in [-0.15, -0.1) is 0 Å². The van der Waals surface area contributed by atoms with Gasteiger partial charge in [-0.1, -0.05) is 0 Å². The largest absolute Gasteiger partial charge is 0.293 e. The first-order chi connectivity index (χ1) is 3.63. The second kappa shape index (κ2) is 3.96. The van der Waals surface area contributed by atoms with Crippen molar-refractivity contribution in [1.29, 1.82) is 0 Å². The van der Waals surface area contributed by atoms with Gasteiger partial charge < -0.3 is 0 Å². The molecule has 0 saturated heterocycles. The standard InChI is InChI=1S/C3H10N2O2S/c1-3(2)4-5-8(6)7/h3-5H,1-2H3,(H,6,7). The van der Waals surface area contributed by atoms with Crippen molar-refractivity contribution in [2.45, 2.75) is 19.9 Å². The van der Waals surface area contributed by atoms with Gasteiger partial charge in [-0.05, 0) is 13.8 Å². The van der Waals surface area contributed by atoms with Crippen LogP contribution in [-0.4, -0.2) is 14.8 Å². The van der Waals surface area contributed by atoms with Gasteiger partial charge in [0.1, 0.15) is 0 Å². The Morgan fingerprint density at radius 3 is 2.25 bits per heavy atom. The quantitative estimate of drug-likeness (QED) is 0.368. The molecule has 0 radical (unpaired) electrons. The second-order valence-electron chi connectivity index (χ2n) is 1.65. The van der Waals surface area contributed by atoms with E-state index in [0.29, 0.717) is 0 Å². The summed E-state index contributed by atoms with van der Waals surface area (Å²) in [7, 11) is 0. The molecule has 0 aromatic heterocycles. The molecule has 0 spiro atoms. The summed E-state index contributed by atoms with van der Waals surface area (Å²) in [6.07, 6.45) is 0. The Bertz CT molecular complexity index is 85.4. The Balaban J connectivity index is 3.05. The van der Waals surface area contributed by atoms with Gasteiger partial charge >= 0.3 is 0 Å². The maximum Gasteiger partial charge on any atom is 0.245 e. The summed E-state index contributed by atoms with van der Waals surface area (Å²) < 4.78 is 17.9. The van der Waals surface area contributed by atoms with Crippen molar-refractivity contribution in [3.63, 3.8) is 0 Å². The maximum absolute atomic E-state index is 9.84. The number of hydrogen-bond donors (Lipinski definition) is 3. The fraction of sp³-hybridized carbons (Fsp3) is 1.00. The van der Waals surface area contributed by atoms with E-state index in [-0.39, 0.29) is 6.04 Å². The molecular weight excluding hydrogens is 128 g/mol. The maximum atomic E-state index is 9.84. The van der Waals surface area contributed by atoms with Crippen molar-refractivity contribution >= 4 is 11.3 Å². The molecule has 50 valence electrons. The molecule has 0 amide bonds. The van der Waals surface area contributed by atoms with Crippen LogP contribution in [0.3, 0.4) is 0 Å². The lowest BCUT2D eigenvalue weighted by Crippen LogP contribution is -2.38. The van der Waals surface area contributed by atoms with Crippen LogP contribution in [0.1, 0.15) is 13.8 Å². The minimum atomic E-state index is -1.95. The summed E-state index contributed by atoms with van der Waals surface area (Å²) in [5.41, 5.74) is 2.54. The average molecular weight is 138 g/mol. The Kier molecular flexibility index (Phi) is 3.98. The van der Waals surface area contributed by atoms with E-state index in [4.69, 9.17) is 4.55 Å². The van der Waals surface area contributed by atoms with Crippen molar-refractivity contribution in [1.82, 2.24) is 10.3 Å². The minimum absolute atomic E-state index is 0.172. The monoisotopic (exact) mass is 138 g/mol. The second-order valence-corrected chi connectivity index (χ2v) is 2.35. The van der Waals surface area contributed by atoms with Gasteiger partial charge in [0, 0.05) is 6.04 Å². The highest BCUT2D eigenvalue weighted by Gasteiger charge is 1.91. The average Bonchev–Trinajstić information content (AvgIpc) is 1.61. The van der Waals surface area contributed by atoms with Crippen LogP contribution in [0, 0.1) is 0 Å². The zero-order chi connectivity index (χ0) is 6.57. The highest BCUT2D eigenvalue weighted by Crippen LogP contribution is 1.70. The first-order valence-electron chi connectivity index (χ1n) is 2.25. The molecular formula is C3H10N2O2S. The number of rotatable bonds is 3. The molecule has 0 aliphatic carbocycles. The molecule has 1 unspecified atom stereocenters. The summed E-state index contributed by atoms with van der Waals surface area (Å²) in [5, 5.41) is 0. The third-order valence-corrected chi connectivity index (χ3v) is 0.727. The van der Waals surface area contributed by atoms with E-state index in [1.54, 1.807) is 0 Å². The van der Waals surface area contributed by atoms with Crippen molar-refractivity contribution in [2.24, 2.45) is 0 Å². The molecule has 0 aliphatic rings. The molecule has 0 saturated carbocycles. The van der Waals surface area contributed by atoms with Crippen LogP contribution in [0.15, 0.2) is 0 Å². The molecule has 0 aromatic carbocycles. The first-order valence-corrected chi connectivity index (χ1v) is 3.35. The van der Waals surface area contributed by atoms with Gasteiger partial charge in [0.05, 0.1) is 0 Å². The fourth-order valence-electron chi connectivity index (χ4n) is 0.168. The molecule has 0 heterocycles. The summed E-state index contributed by atoms with van der Waals surface area (Å²) in [4.78, 5) is 2.12. The van der Waals surface area contributed by atoms with E-state index in [2.05, 4.69) is 10.3 Å². The van der Waals surface area contributed by atoms with Crippen LogP contribution >= 0.6 is 0 Å². The molecule has 4 nitrogen and oxygen atoms in total. The Morgan fingerprint density at radius 1 is 1.62 bits per heavy atom. The predicted molar refractivity (Wildman–Crippen MR) is 32.2 cm³/mol. The smallest absolute Gasteiger partial charge is 0.245 e. The number of hydrazine groups is 1. The summed E-state index contributed by atoms with van der Waals surface area (Å²) in [6, 6.07) is 0.172. The van der Waals surface area contributed by atoms with E-state index in [0.717, 1.165) is 0 Å². The topological polar surface area (TPSA) is 61.4 Å². The predicted octanol–water partition coefficient (Wildman–Crippen LogP) is -0.374. The van der Waals surface area contributed by atoms with E-state index < -0.39 is 11.3 Å². The van der Waals surface area contributed by atoms with Gasteiger partial charge in [-0.25, -0.2) is 9.63 Å². The van der Waals surface area contributed by atoms with E-state index >= 15 is 0 Å². The highest BCUT2D eigenvalue weighted by molar-refractivity contribution is 7.77. The SMILES string of the molecule is CC(C)NNS(=O)O. The zero-order valence-corrected chi connectivity index (χ0v) is 5.66. The summed E-state index contributed by atoms with van der Waals surface area (Å²) >= 11 is -1.95.